The number of halogens is 1. The van der Waals surface area contributed by atoms with Gasteiger partial charge in [0, 0.05) is 6.61 Å². The zero-order valence-electron chi connectivity index (χ0n) is 7.47. The summed E-state index contributed by atoms with van der Waals surface area (Å²) >= 11 is 6.19. The molecule has 1 aliphatic carbocycles. The summed E-state index contributed by atoms with van der Waals surface area (Å²) in [5.41, 5.74) is 0. The summed E-state index contributed by atoms with van der Waals surface area (Å²) < 4.78 is 5.67. The van der Waals surface area contributed by atoms with Crippen molar-refractivity contribution in [3.63, 3.8) is 0 Å². The highest BCUT2D eigenvalue weighted by Crippen LogP contribution is 2.34. The van der Waals surface area contributed by atoms with E-state index < -0.39 is 0 Å². The summed E-state index contributed by atoms with van der Waals surface area (Å²) in [6, 6.07) is 0. The van der Waals surface area contributed by atoms with Crippen molar-refractivity contribution in [3.8, 4) is 0 Å². The van der Waals surface area contributed by atoms with Crippen molar-refractivity contribution in [1.82, 2.24) is 0 Å². The molecule has 0 N–H and O–H groups in total. The highest BCUT2D eigenvalue weighted by atomic mass is 35.5. The largest absolute Gasteiger partial charge is 0.376 e. The van der Waals surface area contributed by atoms with E-state index in [-0.39, 0.29) is 0 Å². The lowest BCUT2D eigenvalue weighted by Gasteiger charge is -2.28. The van der Waals surface area contributed by atoms with Gasteiger partial charge in [0.15, 0.2) is 0 Å². The fourth-order valence-corrected chi connectivity index (χ4v) is 2.85. The van der Waals surface area contributed by atoms with Crippen LogP contribution in [0.25, 0.3) is 0 Å². The molecule has 1 heterocycles. The van der Waals surface area contributed by atoms with E-state index in [0.29, 0.717) is 11.5 Å². The van der Waals surface area contributed by atoms with E-state index in [1.165, 1.54) is 32.1 Å². The van der Waals surface area contributed by atoms with Crippen molar-refractivity contribution in [1.29, 1.82) is 0 Å². The summed E-state index contributed by atoms with van der Waals surface area (Å²) in [4.78, 5) is 0. The van der Waals surface area contributed by atoms with Crippen molar-refractivity contribution in [2.45, 2.75) is 50.0 Å². The monoisotopic (exact) mass is 188 g/mol. The quantitative estimate of drug-likeness (QED) is 0.575. The minimum Gasteiger partial charge on any atom is -0.376 e. The highest BCUT2D eigenvalue weighted by Gasteiger charge is 2.33. The Morgan fingerprint density at radius 1 is 1.00 bits per heavy atom. The Balaban J connectivity index is 1.89. The summed E-state index contributed by atoms with van der Waals surface area (Å²) in [5.74, 6) is 0.767. The lowest BCUT2D eigenvalue weighted by molar-refractivity contribution is 0.0492. The van der Waals surface area contributed by atoms with E-state index in [1.54, 1.807) is 0 Å². The highest BCUT2D eigenvalue weighted by molar-refractivity contribution is 6.21. The van der Waals surface area contributed by atoms with Crippen LogP contribution in [0.2, 0.25) is 0 Å². The van der Waals surface area contributed by atoms with Crippen molar-refractivity contribution < 1.29 is 4.74 Å². The molecule has 2 fully saturated rings. The van der Waals surface area contributed by atoms with Gasteiger partial charge in [-0.05, 0) is 25.2 Å². The van der Waals surface area contributed by atoms with Gasteiger partial charge in [-0.1, -0.05) is 19.3 Å². The van der Waals surface area contributed by atoms with Gasteiger partial charge in [-0.15, -0.1) is 11.6 Å². The first kappa shape index (κ1) is 8.83. The smallest absolute Gasteiger partial charge is 0.0767 e. The van der Waals surface area contributed by atoms with Crippen molar-refractivity contribution >= 4 is 11.6 Å². The zero-order chi connectivity index (χ0) is 8.39. The van der Waals surface area contributed by atoms with E-state index in [1.807, 2.05) is 0 Å². The second kappa shape index (κ2) is 3.97. The van der Waals surface area contributed by atoms with Crippen molar-refractivity contribution in [3.05, 3.63) is 0 Å². The predicted octanol–water partition coefficient (Wildman–Crippen LogP) is 2.96. The Labute approximate surface area is 79.4 Å². The first-order valence-corrected chi connectivity index (χ1v) is 5.57. The second-order valence-corrected chi connectivity index (χ2v) is 4.60. The molecule has 0 amide bonds. The van der Waals surface area contributed by atoms with Crippen LogP contribution in [0, 0.1) is 5.92 Å². The molecule has 70 valence electrons. The van der Waals surface area contributed by atoms with E-state index >= 15 is 0 Å². The van der Waals surface area contributed by atoms with E-state index in [0.717, 1.165) is 18.9 Å². The molecule has 2 aliphatic rings. The maximum absolute atomic E-state index is 6.19. The first-order chi connectivity index (χ1) is 5.88. The Kier molecular flexibility index (Phi) is 2.92. The second-order valence-electron chi connectivity index (χ2n) is 4.04. The van der Waals surface area contributed by atoms with Gasteiger partial charge in [-0.25, -0.2) is 0 Å². The topological polar surface area (TPSA) is 9.23 Å². The molecule has 0 aromatic rings. The van der Waals surface area contributed by atoms with Crippen LogP contribution in [-0.2, 0) is 4.74 Å². The molecule has 0 unspecified atom stereocenters. The third-order valence-corrected chi connectivity index (χ3v) is 3.64. The molecule has 2 atom stereocenters. The number of hydrogen-bond acceptors (Lipinski definition) is 1. The van der Waals surface area contributed by atoms with Crippen LogP contribution in [0.1, 0.15) is 38.5 Å². The van der Waals surface area contributed by atoms with Crippen LogP contribution >= 0.6 is 11.6 Å². The molecule has 0 spiro atoms. The van der Waals surface area contributed by atoms with E-state index in [4.69, 9.17) is 16.3 Å². The van der Waals surface area contributed by atoms with Crippen LogP contribution in [0.3, 0.4) is 0 Å². The normalized spacial score (nSPS) is 38.8. The van der Waals surface area contributed by atoms with Gasteiger partial charge in [-0.2, -0.15) is 0 Å². The summed E-state index contributed by atoms with van der Waals surface area (Å²) in [5, 5.41) is 0.299. The SMILES string of the molecule is Cl[C@H]1CCO[C@@H]1C1CCCCC1. The number of hydrogen-bond donors (Lipinski definition) is 0. The standard InChI is InChI=1S/C10H17ClO/c11-9-6-7-12-10(9)8-4-2-1-3-5-8/h8-10H,1-7H2/t9-,10+/m0/s1. The Bertz CT molecular complexity index is 143. The van der Waals surface area contributed by atoms with Gasteiger partial charge in [0.05, 0.1) is 11.5 Å². The van der Waals surface area contributed by atoms with Gasteiger partial charge < -0.3 is 4.74 Å². The molecular formula is C10H17ClO. The van der Waals surface area contributed by atoms with Crippen LogP contribution in [0.4, 0.5) is 0 Å². The molecule has 0 aromatic carbocycles. The van der Waals surface area contributed by atoms with Crippen LogP contribution in [-0.4, -0.2) is 18.1 Å². The Morgan fingerprint density at radius 3 is 2.33 bits per heavy atom. The molecule has 12 heavy (non-hydrogen) atoms. The minimum atomic E-state index is 0.299. The third kappa shape index (κ3) is 1.77. The average Bonchev–Trinajstić information content (AvgIpc) is 2.53. The lowest BCUT2D eigenvalue weighted by atomic mass is 9.84. The fraction of sp³-hybridized carbons (Fsp3) is 1.00. The van der Waals surface area contributed by atoms with E-state index in [2.05, 4.69) is 0 Å². The molecule has 1 saturated carbocycles. The molecule has 0 bridgehead atoms. The molecule has 0 radical (unpaired) electrons. The van der Waals surface area contributed by atoms with Crippen molar-refractivity contribution in [2.75, 3.05) is 6.61 Å². The summed E-state index contributed by atoms with van der Waals surface area (Å²) in [6.07, 6.45) is 8.30. The third-order valence-electron chi connectivity index (χ3n) is 3.17. The van der Waals surface area contributed by atoms with Gasteiger partial charge in [0.1, 0.15) is 0 Å². The first-order valence-electron chi connectivity index (χ1n) is 5.13. The van der Waals surface area contributed by atoms with Gasteiger partial charge in [-0.3, -0.25) is 0 Å². The number of alkyl halides is 1. The zero-order valence-corrected chi connectivity index (χ0v) is 8.22. The number of ether oxygens (including phenoxy) is 1. The summed E-state index contributed by atoms with van der Waals surface area (Å²) in [7, 11) is 0. The molecule has 2 heteroatoms. The van der Waals surface area contributed by atoms with Crippen LogP contribution in [0.15, 0.2) is 0 Å². The Morgan fingerprint density at radius 2 is 1.75 bits per heavy atom. The molecule has 2 rings (SSSR count). The van der Waals surface area contributed by atoms with Crippen LogP contribution < -0.4 is 0 Å². The number of rotatable bonds is 1. The molecule has 0 aromatic heterocycles. The average molecular weight is 189 g/mol. The fourth-order valence-electron chi connectivity index (χ4n) is 2.48. The minimum absolute atomic E-state index is 0.299. The van der Waals surface area contributed by atoms with Gasteiger partial charge in [0.2, 0.25) is 0 Å². The maximum Gasteiger partial charge on any atom is 0.0767 e. The summed E-state index contributed by atoms with van der Waals surface area (Å²) in [6.45, 7) is 0.884. The predicted molar refractivity (Wildman–Crippen MR) is 50.6 cm³/mol. The Hall–Kier alpha value is 0.250. The van der Waals surface area contributed by atoms with Crippen molar-refractivity contribution in [2.24, 2.45) is 5.92 Å². The molecular weight excluding hydrogens is 172 g/mol. The molecule has 1 nitrogen and oxygen atoms in total. The molecule has 1 saturated heterocycles. The van der Waals surface area contributed by atoms with Crippen LogP contribution in [0.5, 0.6) is 0 Å². The molecule has 1 aliphatic heterocycles. The maximum atomic E-state index is 6.19. The van der Waals surface area contributed by atoms with Gasteiger partial charge in [0.25, 0.3) is 0 Å². The lowest BCUT2D eigenvalue weighted by Crippen LogP contribution is -2.28. The van der Waals surface area contributed by atoms with E-state index in [9.17, 15) is 0 Å². The van der Waals surface area contributed by atoms with Gasteiger partial charge >= 0.3 is 0 Å².